The Kier molecular flexibility index (Phi) is 5.00. The topological polar surface area (TPSA) is 41.6 Å². The third-order valence-corrected chi connectivity index (χ3v) is 7.26. The number of hydrogen-bond acceptors (Lipinski definition) is 3. The fourth-order valence-electron chi connectivity index (χ4n) is 5.54. The fraction of sp³-hybridized carbons (Fsp3) is 0.480. The van der Waals surface area contributed by atoms with Crippen LogP contribution < -0.4 is 5.32 Å². The molecule has 0 spiro atoms. The molecule has 3 saturated heterocycles. The molecule has 0 aromatic heterocycles. The van der Waals surface area contributed by atoms with Crippen molar-refractivity contribution >= 4 is 6.09 Å². The lowest BCUT2D eigenvalue weighted by molar-refractivity contribution is -0.0348. The Balaban J connectivity index is 1.38. The first-order valence-corrected chi connectivity index (χ1v) is 11.1. The summed E-state index contributed by atoms with van der Waals surface area (Å²) in [5.41, 5.74) is 2.66. The second-order valence-electron chi connectivity index (χ2n) is 9.84. The number of benzene rings is 2. The van der Waals surface area contributed by atoms with Crippen molar-refractivity contribution in [1.29, 1.82) is 0 Å². The average molecular weight is 427 g/mol. The van der Waals surface area contributed by atoms with E-state index in [1.54, 1.807) is 6.07 Å². The minimum absolute atomic E-state index is 0.0563. The van der Waals surface area contributed by atoms with Gasteiger partial charge in [0.2, 0.25) is 0 Å². The van der Waals surface area contributed by atoms with E-state index in [-0.39, 0.29) is 23.1 Å². The third kappa shape index (κ3) is 3.71. The zero-order chi connectivity index (χ0) is 21.8. The summed E-state index contributed by atoms with van der Waals surface area (Å²) in [6, 6.07) is 9.59. The van der Waals surface area contributed by atoms with Crippen LogP contribution in [0.2, 0.25) is 0 Å². The van der Waals surface area contributed by atoms with Gasteiger partial charge in [-0.15, -0.1) is 0 Å². The van der Waals surface area contributed by atoms with Crippen LogP contribution in [-0.4, -0.2) is 36.7 Å². The van der Waals surface area contributed by atoms with Gasteiger partial charge < -0.3 is 10.1 Å². The van der Waals surface area contributed by atoms with Gasteiger partial charge >= 0.3 is 6.09 Å². The smallest absolute Gasteiger partial charge is 0.407 e. The first kappa shape index (κ1) is 20.4. The number of nitrogens with one attached hydrogen (secondary N) is 1. The lowest BCUT2D eigenvalue weighted by Gasteiger charge is -2.44. The van der Waals surface area contributed by atoms with Crippen molar-refractivity contribution in [2.75, 3.05) is 19.6 Å². The number of fused-ring (bicyclic) bond motifs is 4. The Morgan fingerprint density at radius 2 is 1.94 bits per heavy atom. The molecule has 6 heteroatoms. The Bertz CT molecular complexity index is 1010. The van der Waals surface area contributed by atoms with Crippen LogP contribution in [0.25, 0.3) is 11.1 Å². The van der Waals surface area contributed by atoms with E-state index in [1.807, 2.05) is 18.2 Å². The molecule has 3 heterocycles. The number of rotatable bonds is 3. The normalized spacial score (nSPS) is 28.3. The zero-order valence-electron chi connectivity index (χ0n) is 18.0. The third-order valence-electron chi connectivity index (χ3n) is 7.26. The molecule has 1 unspecified atom stereocenters. The van der Waals surface area contributed by atoms with E-state index in [9.17, 15) is 13.6 Å². The van der Waals surface area contributed by atoms with E-state index in [1.165, 1.54) is 6.07 Å². The molecule has 0 saturated carbocycles. The number of carbonyl (C=O) groups is 1. The molecule has 2 bridgehead atoms. The minimum atomic E-state index is -0.867. The maximum Gasteiger partial charge on any atom is 0.407 e. The average Bonchev–Trinajstić information content (AvgIpc) is 3.00. The summed E-state index contributed by atoms with van der Waals surface area (Å²) in [5.74, 6) is -1.28. The molecule has 2 atom stereocenters. The summed E-state index contributed by atoms with van der Waals surface area (Å²) < 4.78 is 34.0. The number of hydrogen-bond donors (Lipinski definition) is 1. The molecule has 1 amide bonds. The van der Waals surface area contributed by atoms with E-state index in [2.05, 4.69) is 24.1 Å². The van der Waals surface area contributed by atoms with Gasteiger partial charge in [-0.25, -0.2) is 13.6 Å². The molecular weight excluding hydrogens is 398 g/mol. The van der Waals surface area contributed by atoms with Gasteiger partial charge in [-0.1, -0.05) is 38.1 Å². The Hall–Kier alpha value is -2.47. The van der Waals surface area contributed by atoms with E-state index < -0.39 is 17.7 Å². The van der Waals surface area contributed by atoms with Crippen LogP contribution in [0.1, 0.15) is 43.9 Å². The molecule has 3 aliphatic heterocycles. The molecule has 4 aliphatic rings. The van der Waals surface area contributed by atoms with Crippen molar-refractivity contribution in [3.05, 3.63) is 59.2 Å². The summed E-state index contributed by atoms with van der Waals surface area (Å²) in [7, 11) is 0. The Labute approximate surface area is 181 Å². The van der Waals surface area contributed by atoms with Gasteiger partial charge in [-0.3, -0.25) is 4.90 Å². The fourth-order valence-corrected chi connectivity index (χ4v) is 5.54. The maximum atomic E-state index is 14.4. The number of ether oxygens (including phenoxy) is 1. The summed E-state index contributed by atoms with van der Waals surface area (Å²) >= 11 is 0. The van der Waals surface area contributed by atoms with E-state index >= 15 is 0 Å². The second kappa shape index (κ2) is 7.59. The lowest BCUT2D eigenvalue weighted by Crippen LogP contribution is -2.53. The van der Waals surface area contributed by atoms with E-state index in [4.69, 9.17) is 4.74 Å². The molecule has 6 rings (SSSR count). The monoisotopic (exact) mass is 426 g/mol. The van der Waals surface area contributed by atoms with Gasteiger partial charge in [0.15, 0.2) is 11.6 Å². The zero-order valence-corrected chi connectivity index (χ0v) is 18.0. The number of piperidine rings is 3. The highest BCUT2D eigenvalue weighted by atomic mass is 19.2. The minimum Gasteiger partial charge on any atom is -0.445 e. The van der Waals surface area contributed by atoms with Crippen molar-refractivity contribution < 1.29 is 18.3 Å². The quantitative estimate of drug-likeness (QED) is 0.745. The van der Waals surface area contributed by atoms with Crippen LogP contribution in [-0.2, 0) is 11.2 Å². The van der Waals surface area contributed by atoms with Gasteiger partial charge in [-0.05, 0) is 72.5 Å². The van der Waals surface area contributed by atoms with Gasteiger partial charge in [0.05, 0.1) is 6.04 Å². The van der Waals surface area contributed by atoms with Crippen molar-refractivity contribution in [1.82, 2.24) is 10.2 Å². The summed E-state index contributed by atoms with van der Waals surface area (Å²) in [5, 5.41) is 3.09. The van der Waals surface area contributed by atoms with Crippen LogP contribution in [0.3, 0.4) is 0 Å². The van der Waals surface area contributed by atoms with Crippen LogP contribution in [0.15, 0.2) is 36.4 Å². The maximum absolute atomic E-state index is 14.4. The Morgan fingerprint density at radius 1 is 1.16 bits per heavy atom. The largest absolute Gasteiger partial charge is 0.445 e. The van der Waals surface area contributed by atoms with Crippen LogP contribution in [0, 0.1) is 23.0 Å². The van der Waals surface area contributed by atoms with E-state index in [0.29, 0.717) is 11.5 Å². The SMILES string of the molecule is CC1(C)Cc2ccc(-c3cccc(F)c3F)cc2C1NC(=O)O[C@H]1CN2CCC1CC2. The summed E-state index contributed by atoms with van der Waals surface area (Å²) in [4.78, 5) is 15.2. The molecule has 1 N–H and O–H groups in total. The van der Waals surface area contributed by atoms with Crippen LogP contribution >= 0.6 is 0 Å². The first-order valence-electron chi connectivity index (χ1n) is 11.1. The number of nitrogens with zero attached hydrogens (tertiary/aromatic N) is 1. The molecular formula is C25H28F2N2O2. The van der Waals surface area contributed by atoms with Gasteiger partial charge in [-0.2, -0.15) is 0 Å². The highest BCUT2D eigenvalue weighted by Gasteiger charge is 2.42. The molecule has 4 nitrogen and oxygen atoms in total. The van der Waals surface area contributed by atoms with Crippen molar-refractivity contribution in [2.24, 2.45) is 11.3 Å². The lowest BCUT2D eigenvalue weighted by atomic mass is 9.85. The van der Waals surface area contributed by atoms with Gasteiger partial charge in [0.1, 0.15) is 6.10 Å². The number of amides is 1. The molecule has 0 radical (unpaired) electrons. The highest BCUT2D eigenvalue weighted by Crippen LogP contribution is 2.46. The van der Waals surface area contributed by atoms with Crippen molar-refractivity contribution in [2.45, 2.75) is 45.3 Å². The molecule has 164 valence electrons. The van der Waals surface area contributed by atoms with Crippen LogP contribution in [0.4, 0.5) is 13.6 Å². The predicted molar refractivity (Wildman–Crippen MR) is 115 cm³/mol. The number of halogens is 2. The Morgan fingerprint density at radius 3 is 2.65 bits per heavy atom. The van der Waals surface area contributed by atoms with Crippen LogP contribution in [0.5, 0.6) is 0 Å². The predicted octanol–water partition coefficient (Wildman–Crippen LogP) is 5.08. The summed E-state index contributed by atoms with van der Waals surface area (Å²) in [6.07, 6.45) is 2.50. The van der Waals surface area contributed by atoms with Gasteiger partial charge in [0.25, 0.3) is 0 Å². The molecule has 2 aromatic carbocycles. The summed E-state index contributed by atoms with van der Waals surface area (Å²) in [6.45, 7) is 7.21. The number of carbonyl (C=O) groups excluding carboxylic acids is 1. The number of alkyl carbamates (subject to hydrolysis) is 1. The molecule has 1 aliphatic carbocycles. The standard InChI is InChI=1S/C25H28F2N2O2/c1-25(2)13-17-7-6-16(18-4-3-5-20(26)22(18)27)12-19(17)23(25)28-24(30)31-21-14-29-10-8-15(21)9-11-29/h3-7,12,15,21,23H,8-11,13-14H2,1-2H3,(H,28,30)/t21-,23?/m0/s1. The molecule has 31 heavy (non-hydrogen) atoms. The van der Waals surface area contributed by atoms with Gasteiger partial charge in [0, 0.05) is 12.1 Å². The molecule has 3 fully saturated rings. The van der Waals surface area contributed by atoms with Crippen molar-refractivity contribution in [3.63, 3.8) is 0 Å². The first-order chi connectivity index (χ1) is 14.8. The van der Waals surface area contributed by atoms with E-state index in [0.717, 1.165) is 56.1 Å². The van der Waals surface area contributed by atoms with Crippen molar-refractivity contribution in [3.8, 4) is 11.1 Å². The highest BCUT2D eigenvalue weighted by molar-refractivity contribution is 5.70. The molecule has 2 aromatic rings. The second-order valence-corrected chi connectivity index (χ2v) is 9.84.